The topological polar surface area (TPSA) is 38.7 Å². The third-order valence-electron chi connectivity index (χ3n) is 2.64. The van der Waals surface area contributed by atoms with Gasteiger partial charge in [-0.1, -0.05) is 12.1 Å². The van der Waals surface area contributed by atoms with Crippen molar-refractivity contribution in [2.75, 3.05) is 12.0 Å². The van der Waals surface area contributed by atoms with Crippen LogP contribution >= 0.6 is 11.8 Å². The first-order valence-electron chi connectivity index (χ1n) is 5.52. The molecule has 0 fully saturated rings. The first-order valence-corrected chi connectivity index (χ1v) is 6.91. The molecule has 0 aliphatic carbocycles. The minimum atomic E-state index is -0.293. The van der Waals surface area contributed by atoms with E-state index in [1.54, 1.807) is 17.8 Å². The second kappa shape index (κ2) is 4.92. The van der Waals surface area contributed by atoms with Gasteiger partial charge in [0.25, 0.3) is 0 Å². The quantitative estimate of drug-likeness (QED) is 0.773. The molecule has 0 aromatic heterocycles. The van der Waals surface area contributed by atoms with E-state index in [-0.39, 0.29) is 12.0 Å². The van der Waals surface area contributed by atoms with E-state index in [4.69, 9.17) is 4.74 Å². The summed E-state index contributed by atoms with van der Waals surface area (Å²) in [6, 6.07) is 5.77. The van der Waals surface area contributed by atoms with Crippen molar-refractivity contribution < 1.29 is 9.53 Å². The van der Waals surface area contributed by atoms with Crippen LogP contribution in [0, 0.1) is 6.92 Å². The number of esters is 1. The summed E-state index contributed by atoms with van der Waals surface area (Å²) in [5, 5.41) is 0. The second-order valence-electron chi connectivity index (χ2n) is 4.13. The highest BCUT2D eigenvalue weighted by Gasteiger charge is 2.29. The van der Waals surface area contributed by atoms with Crippen LogP contribution < -0.4 is 0 Å². The Hall–Kier alpha value is -1.29. The van der Waals surface area contributed by atoms with Crippen LogP contribution in [0.15, 0.2) is 23.2 Å². The molecule has 90 valence electrons. The summed E-state index contributed by atoms with van der Waals surface area (Å²) >= 11 is 1.73. The predicted molar refractivity (Wildman–Crippen MR) is 71.0 cm³/mol. The fraction of sp³-hybridized carbons (Fsp3) is 0.385. The number of carbonyl (C=O) groups excluding carboxylic acids is 1. The van der Waals surface area contributed by atoms with Gasteiger partial charge >= 0.3 is 5.97 Å². The lowest BCUT2D eigenvalue weighted by Gasteiger charge is -2.06. The van der Waals surface area contributed by atoms with E-state index in [1.807, 2.05) is 32.2 Å². The molecule has 1 aromatic rings. The summed E-state index contributed by atoms with van der Waals surface area (Å²) in [6.45, 7) is 3.99. The largest absolute Gasteiger partial charge is 0.404 e. The van der Waals surface area contributed by atoms with E-state index in [0.717, 1.165) is 16.9 Å². The van der Waals surface area contributed by atoms with Gasteiger partial charge in [0.2, 0.25) is 5.90 Å². The van der Waals surface area contributed by atoms with Gasteiger partial charge in [0.15, 0.2) is 0 Å². The molecule has 17 heavy (non-hydrogen) atoms. The van der Waals surface area contributed by atoms with Crippen LogP contribution in [0.3, 0.4) is 0 Å². The molecule has 0 saturated heterocycles. The number of rotatable bonds is 3. The van der Waals surface area contributed by atoms with Crippen molar-refractivity contribution in [3.05, 3.63) is 34.9 Å². The Kier molecular flexibility index (Phi) is 3.52. The van der Waals surface area contributed by atoms with Gasteiger partial charge in [-0.15, -0.1) is 0 Å². The van der Waals surface area contributed by atoms with Crippen LogP contribution in [0.25, 0.3) is 0 Å². The molecule has 1 heterocycles. The summed E-state index contributed by atoms with van der Waals surface area (Å²) < 4.78 is 5.23. The van der Waals surface area contributed by atoms with E-state index < -0.39 is 0 Å². The van der Waals surface area contributed by atoms with Crippen molar-refractivity contribution in [2.45, 2.75) is 19.9 Å². The zero-order chi connectivity index (χ0) is 12.4. The Bertz CT molecular complexity index is 482. The van der Waals surface area contributed by atoms with Crippen molar-refractivity contribution in [1.82, 2.24) is 0 Å². The average Bonchev–Trinajstić information content (AvgIpc) is 2.57. The van der Waals surface area contributed by atoms with Gasteiger partial charge < -0.3 is 4.74 Å². The summed E-state index contributed by atoms with van der Waals surface area (Å²) in [7, 11) is 0. The molecule has 0 N–H and O–H groups in total. The van der Waals surface area contributed by atoms with Crippen LogP contribution in [0.2, 0.25) is 0 Å². The third kappa shape index (κ3) is 2.36. The maximum absolute atomic E-state index is 11.7. The van der Waals surface area contributed by atoms with Crippen molar-refractivity contribution in [1.29, 1.82) is 0 Å². The molecule has 2 rings (SSSR count). The Labute approximate surface area is 105 Å². The molecule has 0 saturated carbocycles. The van der Waals surface area contributed by atoms with Crippen molar-refractivity contribution in [3.63, 3.8) is 0 Å². The van der Waals surface area contributed by atoms with Crippen LogP contribution in [-0.2, 0) is 4.74 Å². The fourth-order valence-electron chi connectivity index (χ4n) is 1.89. The number of cyclic esters (lactones) is 1. The number of ether oxygens (including phenoxy) is 1. The zero-order valence-corrected chi connectivity index (χ0v) is 11.0. The lowest BCUT2D eigenvalue weighted by atomic mass is 10.0. The summed E-state index contributed by atoms with van der Waals surface area (Å²) in [5.74, 6) is 1.10. The SMILES string of the molecule is CSC[C@H](C)N=C1OC(=O)c2cccc(C)c21. The van der Waals surface area contributed by atoms with Crippen LogP contribution in [-0.4, -0.2) is 29.9 Å². The van der Waals surface area contributed by atoms with E-state index in [1.165, 1.54) is 0 Å². The second-order valence-corrected chi connectivity index (χ2v) is 5.04. The van der Waals surface area contributed by atoms with Crippen molar-refractivity contribution in [3.8, 4) is 0 Å². The summed E-state index contributed by atoms with van der Waals surface area (Å²) in [6.07, 6.45) is 2.04. The Balaban J connectivity index is 2.39. The highest BCUT2D eigenvalue weighted by molar-refractivity contribution is 7.98. The predicted octanol–water partition coefficient (Wildman–Crippen LogP) is 2.66. The lowest BCUT2D eigenvalue weighted by Crippen LogP contribution is -2.09. The molecule has 0 radical (unpaired) electrons. The first-order chi connectivity index (χ1) is 8.13. The highest BCUT2D eigenvalue weighted by Crippen LogP contribution is 2.24. The molecule has 3 nitrogen and oxygen atoms in total. The molecule has 1 atom stereocenters. The zero-order valence-electron chi connectivity index (χ0n) is 10.2. The molecular weight excluding hydrogens is 234 g/mol. The van der Waals surface area contributed by atoms with Gasteiger partial charge in [0.05, 0.1) is 17.2 Å². The third-order valence-corrected chi connectivity index (χ3v) is 3.46. The van der Waals surface area contributed by atoms with E-state index >= 15 is 0 Å². The van der Waals surface area contributed by atoms with Crippen molar-refractivity contribution in [2.24, 2.45) is 4.99 Å². The standard InChI is InChI=1S/C13H15NO2S/c1-8-5-4-6-10-11(8)12(16-13(10)15)14-9(2)7-17-3/h4-6,9H,7H2,1-3H3/t9-/m0/s1. The number of aliphatic imine (C=N–C) groups is 1. The van der Waals surface area contributed by atoms with Gasteiger partial charge in [-0.05, 0) is 31.7 Å². The van der Waals surface area contributed by atoms with Gasteiger partial charge in [-0.3, -0.25) is 0 Å². The van der Waals surface area contributed by atoms with Gasteiger partial charge in [-0.25, -0.2) is 9.79 Å². The number of hydrogen-bond donors (Lipinski definition) is 0. The maximum atomic E-state index is 11.7. The van der Waals surface area contributed by atoms with Gasteiger partial charge in [0, 0.05) is 5.75 Å². The Morgan fingerprint density at radius 3 is 2.94 bits per heavy atom. The molecular formula is C13H15NO2S. The summed E-state index contributed by atoms with van der Waals surface area (Å²) in [5.41, 5.74) is 2.51. The first kappa shape index (κ1) is 12.2. The number of nitrogens with zero attached hydrogens (tertiary/aromatic N) is 1. The Morgan fingerprint density at radius 2 is 2.24 bits per heavy atom. The molecule has 4 heteroatoms. The number of aryl methyl sites for hydroxylation is 1. The smallest absolute Gasteiger partial charge is 0.345 e. The minimum Gasteiger partial charge on any atom is -0.404 e. The monoisotopic (exact) mass is 249 g/mol. The summed E-state index contributed by atoms with van der Waals surface area (Å²) in [4.78, 5) is 16.1. The fourth-order valence-corrected chi connectivity index (χ4v) is 2.44. The number of fused-ring (bicyclic) bond motifs is 1. The maximum Gasteiger partial charge on any atom is 0.345 e. The molecule has 1 aromatic carbocycles. The van der Waals surface area contributed by atoms with Gasteiger partial charge in [0.1, 0.15) is 0 Å². The van der Waals surface area contributed by atoms with E-state index in [0.29, 0.717) is 11.5 Å². The van der Waals surface area contributed by atoms with E-state index in [9.17, 15) is 4.79 Å². The molecule has 0 amide bonds. The molecule has 1 aliphatic rings. The van der Waals surface area contributed by atoms with Crippen molar-refractivity contribution >= 4 is 23.6 Å². The average molecular weight is 249 g/mol. The molecule has 0 bridgehead atoms. The highest BCUT2D eigenvalue weighted by atomic mass is 32.2. The van der Waals surface area contributed by atoms with E-state index in [2.05, 4.69) is 4.99 Å². The normalized spacial score (nSPS) is 18.1. The van der Waals surface area contributed by atoms with Crippen LogP contribution in [0.1, 0.15) is 28.4 Å². The lowest BCUT2D eigenvalue weighted by molar-refractivity contribution is 0.0736. The molecule has 0 unspecified atom stereocenters. The number of benzene rings is 1. The molecule has 0 spiro atoms. The minimum absolute atomic E-state index is 0.151. The van der Waals surface area contributed by atoms with Crippen LogP contribution in [0.4, 0.5) is 0 Å². The van der Waals surface area contributed by atoms with Gasteiger partial charge in [-0.2, -0.15) is 11.8 Å². The Morgan fingerprint density at radius 1 is 1.47 bits per heavy atom. The molecule has 1 aliphatic heterocycles. The number of hydrogen-bond acceptors (Lipinski definition) is 4. The number of thioether (sulfide) groups is 1. The number of carbonyl (C=O) groups is 1. The van der Waals surface area contributed by atoms with Crippen LogP contribution in [0.5, 0.6) is 0 Å².